The lowest BCUT2D eigenvalue weighted by Crippen LogP contribution is -2.15. The van der Waals surface area contributed by atoms with Gasteiger partial charge in [-0.15, -0.1) is 0 Å². The zero-order valence-corrected chi connectivity index (χ0v) is 14.1. The average molecular weight is 330 g/mol. The van der Waals surface area contributed by atoms with E-state index in [1.165, 1.54) is 0 Å². The molecule has 1 aromatic carbocycles. The van der Waals surface area contributed by atoms with Crippen molar-refractivity contribution in [3.8, 4) is 0 Å². The summed E-state index contributed by atoms with van der Waals surface area (Å²) in [6, 6.07) is 7.38. The molecule has 1 unspecified atom stereocenters. The number of hydrogen-bond donors (Lipinski definition) is 1. The Bertz CT molecular complexity index is 583. The maximum absolute atomic E-state index is 12.6. The average Bonchev–Trinajstić information content (AvgIpc) is 3.20. The zero-order chi connectivity index (χ0) is 16.1. The minimum Gasteiger partial charge on any atom is -0.326 e. The number of anilines is 1. The van der Waals surface area contributed by atoms with Gasteiger partial charge < -0.3 is 5.32 Å². The first kappa shape index (κ1) is 16.3. The number of hydrogen-bond acceptors (Lipinski definition) is 1. The fraction of sp³-hybridized carbons (Fsp3) is 0.450. The van der Waals surface area contributed by atoms with Crippen LogP contribution in [0.4, 0.5) is 5.69 Å². The molecule has 0 aliphatic heterocycles. The molecule has 1 aromatic rings. The summed E-state index contributed by atoms with van der Waals surface area (Å²) in [7, 11) is 0. The van der Waals surface area contributed by atoms with Crippen molar-refractivity contribution < 1.29 is 4.79 Å². The lowest BCUT2D eigenvalue weighted by Gasteiger charge is -2.05. The van der Waals surface area contributed by atoms with Gasteiger partial charge in [-0.3, -0.25) is 4.79 Å². The third-order valence-corrected chi connectivity index (χ3v) is 5.13. The molecule has 2 aliphatic rings. The monoisotopic (exact) mass is 329 g/mol. The Balaban J connectivity index is 1.61. The van der Waals surface area contributed by atoms with Crippen LogP contribution in [0.3, 0.4) is 0 Å². The number of fused-ring (bicyclic) bond motifs is 1. The Morgan fingerprint density at radius 1 is 0.957 bits per heavy atom. The van der Waals surface area contributed by atoms with Gasteiger partial charge in [-0.2, -0.15) is 0 Å². The highest BCUT2D eigenvalue weighted by Crippen LogP contribution is 2.52. The number of amides is 1. The van der Waals surface area contributed by atoms with Gasteiger partial charge >= 0.3 is 0 Å². The molecule has 1 amide bonds. The molecule has 2 nitrogen and oxygen atoms in total. The standard InChI is InChI=1S/C20H24ClNO/c21-15-10-9-11-16(14-15)22-20(23)19-17-12-7-5-3-1-2-4-6-8-13-18(17)19/h3-6,9-11,14,17-19H,1-2,7-8,12-13H2,(H,22,23)/b5-3+,6-4+/t17-,18+,19?. The Labute approximate surface area is 143 Å². The lowest BCUT2D eigenvalue weighted by molar-refractivity contribution is -0.117. The minimum atomic E-state index is 0.157. The van der Waals surface area contributed by atoms with Crippen molar-refractivity contribution in [3.05, 3.63) is 53.6 Å². The molecule has 3 atom stereocenters. The molecular formula is C20H24ClNO. The number of rotatable bonds is 2. The molecule has 1 saturated carbocycles. The van der Waals surface area contributed by atoms with E-state index in [-0.39, 0.29) is 11.8 Å². The summed E-state index contributed by atoms with van der Waals surface area (Å²) in [5.74, 6) is 1.39. The van der Waals surface area contributed by atoms with E-state index in [2.05, 4.69) is 29.6 Å². The first-order chi connectivity index (χ1) is 11.3. The van der Waals surface area contributed by atoms with Crippen LogP contribution in [0.15, 0.2) is 48.6 Å². The van der Waals surface area contributed by atoms with E-state index in [0.717, 1.165) is 44.2 Å². The van der Waals surface area contributed by atoms with E-state index in [0.29, 0.717) is 16.9 Å². The molecule has 0 saturated heterocycles. The fourth-order valence-corrected chi connectivity index (χ4v) is 3.84. The Kier molecular flexibility index (Phi) is 5.56. The number of allylic oxidation sites excluding steroid dienone is 4. The smallest absolute Gasteiger partial charge is 0.228 e. The molecule has 3 heteroatoms. The predicted molar refractivity (Wildman–Crippen MR) is 96.5 cm³/mol. The third-order valence-electron chi connectivity index (χ3n) is 4.89. The maximum Gasteiger partial charge on any atom is 0.228 e. The van der Waals surface area contributed by atoms with Gasteiger partial charge in [-0.1, -0.05) is 42.0 Å². The van der Waals surface area contributed by atoms with Crippen LogP contribution in [-0.2, 0) is 4.79 Å². The molecule has 0 aromatic heterocycles. The summed E-state index contributed by atoms with van der Waals surface area (Å²) in [5.41, 5.74) is 0.796. The van der Waals surface area contributed by atoms with Crippen molar-refractivity contribution in [1.29, 1.82) is 0 Å². The van der Waals surface area contributed by atoms with Gasteiger partial charge in [0.25, 0.3) is 0 Å². The normalized spacial score (nSPS) is 30.2. The molecule has 0 heterocycles. The van der Waals surface area contributed by atoms with Crippen molar-refractivity contribution in [3.63, 3.8) is 0 Å². The minimum absolute atomic E-state index is 0.157. The summed E-state index contributed by atoms with van der Waals surface area (Å²) in [6.45, 7) is 0. The fourth-order valence-electron chi connectivity index (χ4n) is 3.65. The van der Waals surface area contributed by atoms with Gasteiger partial charge in [-0.05, 0) is 68.6 Å². The molecule has 0 bridgehead atoms. The van der Waals surface area contributed by atoms with Gasteiger partial charge in [0, 0.05) is 16.6 Å². The van der Waals surface area contributed by atoms with Gasteiger partial charge in [0.05, 0.1) is 0 Å². The molecule has 0 spiro atoms. The number of carbonyl (C=O) groups excluding carboxylic acids is 1. The second-order valence-electron chi connectivity index (χ2n) is 6.53. The summed E-state index contributed by atoms with van der Waals surface area (Å²) >= 11 is 5.99. The summed E-state index contributed by atoms with van der Waals surface area (Å²) in [6.07, 6.45) is 15.8. The number of nitrogens with one attached hydrogen (secondary N) is 1. The van der Waals surface area contributed by atoms with Crippen molar-refractivity contribution in [2.24, 2.45) is 17.8 Å². The second-order valence-corrected chi connectivity index (χ2v) is 6.96. The molecular weight excluding hydrogens is 306 g/mol. The summed E-state index contributed by atoms with van der Waals surface area (Å²) in [4.78, 5) is 12.6. The van der Waals surface area contributed by atoms with Crippen LogP contribution in [0.1, 0.15) is 38.5 Å². The second kappa shape index (κ2) is 7.83. The Morgan fingerprint density at radius 2 is 1.57 bits per heavy atom. The topological polar surface area (TPSA) is 29.1 Å². The van der Waals surface area contributed by atoms with E-state index in [1.54, 1.807) is 6.07 Å². The van der Waals surface area contributed by atoms with Crippen molar-refractivity contribution in [2.45, 2.75) is 38.5 Å². The van der Waals surface area contributed by atoms with E-state index < -0.39 is 0 Å². The SMILES string of the molecule is O=C(Nc1cccc(Cl)c1)C1[C@H]2CC/C=C/CC/C=C/CC[C@@H]12. The van der Waals surface area contributed by atoms with E-state index in [1.807, 2.05) is 18.2 Å². The quantitative estimate of drug-likeness (QED) is 0.702. The summed E-state index contributed by atoms with van der Waals surface area (Å²) < 4.78 is 0. The molecule has 1 N–H and O–H groups in total. The molecule has 1 fully saturated rings. The van der Waals surface area contributed by atoms with Gasteiger partial charge in [-0.25, -0.2) is 0 Å². The third kappa shape index (κ3) is 4.48. The van der Waals surface area contributed by atoms with Crippen LogP contribution in [0.2, 0.25) is 5.02 Å². The highest BCUT2D eigenvalue weighted by Gasteiger charge is 2.52. The molecule has 2 aliphatic carbocycles. The lowest BCUT2D eigenvalue weighted by atomic mass is 10.1. The van der Waals surface area contributed by atoms with Crippen molar-refractivity contribution >= 4 is 23.2 Å². The Morgan fingerprint density at radius 3 is 2.17 bits per heavy atom. The molecule has 0 radical (unpaired) electrons. The first-order valence-corrected chi connectivity index (χ1v) is 9.00. The molecule has 23 heavy (non-hydrogen) atoms. The molecule has 3 rings (SSSR count). The highest BCUT2D eigenvalue weighted by molar-refractivity contribution is 6.30. The van der Waals surface area contributed by atoms with Gasteiger partial charge in [0.1, 0.15) is 0 Å². The van der Waals surface area contributed by atoms with Gasteiger partial charge in [0.15, 0.2) is 0 Å². The largest absolute Gasteiger partial charge is 0.326 e. The highest BCUT2D eigenvalue weighted by atomic mass is 35.5. The van der Waals surface area contributed by atoms with Gasteiger partial charge in [0.2, 0.25) is 5.91 Å². The number of halogens is 1. The van der Waals surface area contributed by atoms with E-state index >= 15 is 0 Å². The Hall–Kier alpha value is -1.54. The first-order valence-electron chi connectivity index (χ1n) is 8.62. The number of benzene rings is 1. The zero-order valence-electron chi connectivity index (χ0n) is 13.4. The predicted octanol–water partition coefficient (Wildman–Crippen LogP) is 5.61. The van der Waals surface area contributed by atoms with Crippen LogP contribution < -0.4 is 5.32 Å². The van der Waals surface area contributed by atoms with E-state index in [4.69, 9.17) is 11.6 Å². The van der Waals surface area contributed by atoms with E-state index in [9.17, 15) is 4.79 Å². The van der Waals surface area contributed by atoms with Crippen LogP contribution in [0.5, 0.6) is 0 Å². The number of carbonyl (C=O) groups is 1. The van der Waals surface area contributed by atoms with Crippen LogP contribution >= 0.6 is 11.6 Å². The van der Waals surface area contributed by atoms with Crippen LogP contribution in [-0.4, -0.2) is 5.91 Å². The summed E-state index contributed by atoms with van der Waals surface area (Å²) in [5, 5.41) is 3.69. The van der Waals surface area contributed by atoms with Crippen molar-refractivity contribution in [1.82, 2.24) is 0 Å². The maximum atomic E-state index is 12.6. The molecule has 122 valence electrons. The van der Waals surface area contributed by atoms with Crippen molar-refractivity contribution in [2.75, 3.05) is 5.32 Å². The van der Waals surface area contributed by atoms with Crippen LogP contribution in [0, 0.1) is 17.8 Å². The van der Waals surface area contributed by atoms with Crippen LogP contribution in [0.25, 0.3) is 0 Å².